The van der Waals surface area contributed by atoms with Gasteiger partial charge in [0.1, 0.15) is 0 Å². The van der Waals surface area contributed by atoms with Crippen molar-refractivity contribution in [2.45, 2.75) is 45.6 Å². The molecule has 2 amide bonds. The van der Waals surface area contributed by atoms with Crippen molar-refractivity contribution in [1.82, 2.24) is 20.9 Å². The van der Waals surface area contributed by atoms with E-state index in [0.29, 0.717) is 19.6 Å². The predicted molar refractivity (Wildman–Crippen MR) is 130 cm³/mol. The molecule has 0 atom stereocenters. The van der Waals surface area contributed by atoms with Gasteiger partial charge in [-0.15, -0.1) is 24.0 Å². The maximum absolute atomic E-state index is 12.6. The quantitative estimate of drug-likeness (QED) is 0.210. The van der Waals surface area contributed by atoms with Crippen molar-refractivity contribution >= 4 is 41.8 Å². The number of halogens is 1. The van der Waals surface area contributed by atoms with Gasteiger partial charge in [0.2, 0.25) is 5.91 Å². The first-order valence-corrected chi connectivity index (χ1v) is 10.9. The lowest BCUT2D eigenvalue weighted by Crippen LogP contribution is -2.41. The molecule has 0 radical (unpaired) electrons. The van der Waals surface area contributed by atoms with Crippen LogP contribution < -0.4 is 16.0 Å². The maximum atomic E-state index is 12.6. The van der Waals surface area contributed by atoms with Crippen LogP contribution in [0.3, 0.4) is 0 Å². The van der Waals surface area contributed by atoms with Gasteiger partial charge in [0, 0.05) is 44.2 Å². The number of carbonyl (C=O) groups excluding carboxylic acids is 2. The summed E-state index contributed by atoms with van der Waals surface area (Å²) >= 11 is 0. The van der Waals surface area contributed by atoms with Gasteiger partial charge >= 0.3 is 0 Å². The molecular weight excluding hydrogens is 493 g/mol. The molecule has 2 fully saturated rings. The fraction of sp³-hybridized carbons (Fsp3) is 0.591. The molecule has 0 unspecified atom stereocenters. The Morgan fingerprint density at radius 3 is 2.30 bits per heavy atom. The topological polar surface area (TPSA) is 85.8 Å². The number of benzene rings is 1. The second kappa shape index (κ2) is 12.8. The third-order valence-electron chi connectivity index (χ3n) is 5.27. The smallest absolute Gasteiger partial charge is 0.253 e. The molecule has 0 bridgehead atoms. The molecule has 3 rings (SSSR count). The van der Waals surface area contributed by atoms with Gasteiger partial charge in [-0.1, -0.05) is 12.1 Å². The van der Waals surface area contributed by atoms with E-state index in [9.17, 15) is 9.59 Å². The fourth-order valence-corrected chi connectivity index (χ4v) is 3.40. The first kappa shape index (κ1) is 24.4. The van der Waals surface area contributed by atoms with E-state index >= 15 is 0 Å². The SMILES string of the molecule is CCNC(=NCc1ccc(C(=O)N2CCCCC2)cc1)NCCNC(=O)C1CC1.I. The Labute approximate surface area is 196 Å². The molecule has 1 saturated carbocycles. The van der Waals surface area contributed by atoms with E-state index in [0.717, 1.165) is 62.4 Å². The van der Waals surface area contributed by atoms with Crippen molar-refractivity contribution in [3.63, 3.8) is 0 Å². The minimum absolute atomic E-state index is 0. The largest absolute Gasteiger partial charge is 0.357 e. The van der Waals surface area contributed by atoms with Gasteiger partial charge in [-0.05, 0) is 56.7 Å². The van der Waals surface area contributed by atoms with Crippen LogP contribution >= 0.6 is 24.0 Å². The Morgan fingerprint density at radius 1 is 1.00 bits per heavy atom. The van der Waals surface area contributed by atoms with E-state index in [1.54, 1.807) is 0 Å². The van der Waals surface area contributed by atoms with Crippen LogP contribution in [0.15, 0.2) is 29.3 Å². The highest BCUT2D eigenvalue weighted by molar-refractivity contribution is 14.0. The zero-order valence-corrected chi connectivity index (χ0v) is 20.1. The third kappa shape index (κ3) is 7.77. The van der Waals surface area contributed by atoms with E-state index in [4.69, 9.17) is 0 Å². The number of aliphatic imine (C=N–C) groups is 1. The summed E-state index contributed by atoms with van der Waals surface area (Å²) in [4.78, 5) is 30.8. The van der Waals surface area contributed by atoms with Gasteiger partial charge < -0.3 is 20.9 Å². The van der Waals surface area contributed by atoms with Gasteiger partial charge in [0.25, 0.3) is 5.91 Å². The van der Waals surface area contributed by atoms with Crippen molar-refractivity contribution in [2.24, 2.45) is 10.9 Å². The first-order chi connectivity index (χ1) is 14.2. The van der Waals surface area contributed by atoms with Crippen LogP contribution in [-0.2, 0) is 11.3 Å². The number of rotatable bonds is 8. The molecule has 166 valence electrons. The van der Waals surface area contributed by atoms with E-state index in [-0.39, 0.29) is 41.7 Å². The van der Waals surface area contributed by atoms with Gasteiger partial charge in [0.05, 0.1) is 6.54 Å². The summed E-state index contributed by atoms with van der Waals surface area (Å²) in [6.07, 6.45) is 5.46. The van der Waals surface area contributed by atoms with Crippen molar-refractivity contribution in [3.8, 4) is 0 Å². The molecule has 1 aromatic rings. The summed E-state index contributed by atoms with van der Waals surface area (Å²) in [5.74, 6) is 1.25. The Kier molecular flexibility index (Phi) is 10.4. The van der Waals surface area contributed by atoms with Crippen molar-refractivity contribution in [1.29, 1.82) is 0 Å². The molecule has 1 aromatic carbocycles. The molecule has 0 aromatic heterocycles. The highest BCUT2D eigenvalue weighted by Gasteiger charge is 2.28. The van der Waals surface area contributed by atoms with Gasteiger partial charge in [-0.2, -0.15) is 0 Å². The van der Waals surface area contributed by atoms with Crippen LogP contribution in [0.25, 0.3) is 0 Å². The number of carbonyl (C=O) groups is 2. The monoisotopic (exact) mass is 527 g/mol. The van der Waals surface area contributed by atoms with Gasteiger partial charge in [-0.3, -0.25) is 9.59 Å². The van der Waals surface area contributed by atoms with Crippen LogP contribution in [0.2, 0.25) is 0 Å². The molecule has 7 nitrogen and oxygen atoms in total. The number of likely N-dealkylation sites (tertiary alicyclic amines) is 1. The second-order valence-electron chi connectivity index (χ2n) is 7.74. The van der Waals surface area contributed by atoms with Crippen LogP contribution in [0, 0.1) is 5.92 Å². The van der Waals surface area contributed by atoms with Crippen molar-refractivity contribution in [2.75, 3.05) is 32.7 Å². The molecule has 1 aliphatic carbocycles. The minimum atomic E-state index is 0. The number of nitrogens with zero attached hydrogens (tertiary/aromatic N) is 2. The molecule has 30 heavy (non-hydrogen) atoms. The average Bonchev–Trinajstić information content (AvgIpc) is 3.61. The fourth-order valence-electron chi connectivity index (χ4n) is 3.40. The second-order valence-corrected chi connectivity index (χ2v) is 7.74. The lowest BCUT2D eigenvalue weighted by Gasteiger charge is -2.26. The van der Waals surface area contributed by atoms with Crippen LogP contribution in [0.4, 0.5) is 0 Å². The molecule has 3 N–H and O–H groups in total. The van der Waals surface area contributed by atoms with Crippen molar-refractivity contribution in [3.05, 3.63) is 35.4 Å². The maximum Gasteiger partial charge on any atom is 0.253 e. The Bertz CT molecular complexity index is 713. The Morgan fingerprint density at radius 2 is 1.67 bits per heavy atom. The lowest BCUT2D eigenvalue weighted by atomic mass is 10.1. The number of hydrogen-bond acceptors (Lipinski definition) is 3. The van der Waals surface area contributed by atoms with E-state index in [1.807, 2.05) is 36.1 Å². The third-order valence-corrected chi connectivity index (χ3v) is 5.27. The van der Waals surface area contributed by atoms with Gasteiger partial charge in [0.15, 0.2) is 5.96 Å². The highest BCUT2D eigenvalue weighted by atomic mass is 127. The normalized spacial score (nSPS) is 16.4. The Balaban J connectivity index is 0.00000320. The number of piperidine rings is 1. The lowest BCUT2D eigenvalue weighted by molar-refractivity contribution is -0.122. The zero-order valence-electron chi connectivity index (χ0n) is 17.8. The molecule has 0 spiro atoms. The summed E-state index contributed by atoms with van der Waals surface area (Å²) in [5, 5.41) is 9.40. The summed E-state index contributed by atoms with van der Waals surface area (Å²) in [6, 6.07) is 7.74. The minimum Gasteiger partial charge on any atom is -0.357 e. The molecule has 1 heterocycles. The predicted octanol–water partition coefficient (Wildman–Crippen LogP) is 2.51. The highest BCUT2D eigenvalue weighted by Crippen LogP contribution is 2.28. The standard InChI is InChI=1S/C22H33N5O2.HI/c1-2-23-22(25-13-12-24-20(28)18-10-11-18)26-16-17-6-8-19(9-7-17)21(29)27-14-4-3-5-15-27;/h6-9,18H,2-5,10-16H2,1H3,(H,24,28)(H2,23,25,26);1H. The van der Waals surface area contributed by atoms with Crippen molar-refractivity contribution < 1.29 is 9.59 Å². The van der Waals surface area contributed by atoms with Crippen LogP contribution in [-0.4, -0.2) is 55.4 Å². The van der Waals surface area contributed by atoms with Crippen LogP contribution in [0.5, 0.6) is 0 Å². The summed E-state index contributed by atoms with van der Waals surface area (Å²) in [6.45, 7) is 6.27. The Hall–Kier alpha value is -1.84. The number of hydrogen-bond donors (Lipinski definition) is 3. The summed E-state index contributed by atoms with van der Waals surface area (Å²) < 4.78 is 0. The number of amides is 2. The van der Waals surface area contributed by atoms with E-state index < -0.39 is 0 Å². The number of nitrogens with one attached hydrogen (secondary N) is 3. The van der Waals surface area contributed by atoms with Crippen LogP contribution in [0.1, 0.15) is 54.9 Å². The van der Waals surface area contributed by atoms with E-state index in [2.05, 4.69) is 20.9 Å². The molecule has 1 aliphatic heterocycles. The molecule has 2 aliphatic rings. The summed E-state index contributed by atoms with van der Waals surface area (Å²) in [7, 11) is 0. The zero-order chi connectivity index (χ0) is 20.5. The summed E-state index contributed by atoms with van der Waals surface area (Å²) in [5.41, 5.74) is 1.80. The number of guanidine groups is 1. The molecule has 8 heteroatoms. The van der Waals surface area contributed by atoms with Gasteiger partial charge in [-0.25, -0.2) is 4.99 Å². The molecular formula is C22H34IN5O2. The van der Waals surface area contributed by atoms with E-state index in [1.165, 1.54) is 6.42 Å². The first-order valence-electron chi connectivity index (χ1n) is 10.9. The molecule has 1 saturated heterocycles. The average molecular weight is 527 g/mol.